The summed E-state index contributed by atoms with van der Waals surface area (Å²) >= 11 is 1.37. The molecule has 3 heterocycles. The highest BCUT2D eigenvalue weighted by Crippen LogP contribution is 2.38. The Hall–Kier alpha value is -3.53. The van der Waals surface area contributed by atoms with Gasteiger partial charge < -0.3 is 29.2 Å². The molecule has 34 heavy (non-hydrogen) atoms. The number of anilines is 1. The molecule has 1 saturated heterocycles. The Morgan fingerprint density at radius 3 is 2.68 bits per heavy atom. The van der Waals surface area contributed by atoms with Crippen LogP contribution in [0.15, 0.2) is 30.3 Å². The lowest BCUT2D eigenvalue weighted by molar-refractivity contribution is -0.128. The largest absolute Gasteiger partial charge is 0.493 e. The summed E-state index contributed by atoms with van der Waals surface area (Å²) in [6.45, 7) is 1.94. The number of carbonyl (C=O) groups excluding carboxylic acids is 2. The summed E-state index contributed by atoms with van der Waals surface area (Å²) in [6.07, 6.45) is 0.853. The third kappa shape index (κ3) is 4.45. The molecule has 1 fully saturated rings. The maximum atomic E-state index is 12.9. The molecule has 178 valence electrons. The third-order valence-electron chi connectivity index (χ3n) is 5.99. The van der Waals surface area contributed by atoms with Crippen molar-refractivity contribution in [2.45, 2.75) is 12.8 Å². The van der Waals surface area contributed by atoms with E-state index in [1.54, 1.807) is 19.1 Å². The van der Waals surface area contributed by atoms with E-state index < -0.39 is 5.92 Å². The predicted octanol–water partition coefficient (Wildman–Crippen LogP) is 3.11. The van der Waals surface area contributed by atoms with Gasteiger partial charge in [-0.25, -0.2) is 4.98 Å². The van der Waals surface area contributed by atoms with Gasteiger partial charge >= 0.3 is 0 Å². The van der Waals surface area contributed by atoms with Gasteiger partial charge in [0.25, 0.3) is 0 Å². The van der Waals surface area contributed by atoms with Crippen molar-refractivity contribution in [1.82, 2.24) is 9.88 Å². The van der Waals surface area contributed by atoms with Crippen LogP contribution >= 0.6 is 11.3 Å². The zero-order chi connectivity index (χ0) is 23.7. The molecular formula is C24H25N3O6S. The predicted molar refractivity (Wildman–Crippen MR) is 127 cm³/mol. The molecule has 1 aromatic heterocycles. The van der Waals surface area contributed by atoms with Crippen molar-refractivity contribution in [3.05, 3.63) is 35.9 Å². The smallest absolute Gasteiger partial charge is 0.231 e. The van der Waals surface area contributed by atoms with Crippen LogP contribution in [0.2, 0.25) is 0 Å². The number of methoxy groups -OCH3 is 2. The standard InChI is InChI=1S/C24H25N3O6S/c1-30-17-4-3-14(9-18(17)31-2)5-6-27-13-15(10-22(27)28)23(29)26-24-25-16-11-19-20(12-21(16)34-24)33-8-7-32-19/h3-4,9,11-12,15H,5-8,10,13H2,1-2H3,(H,25,26,29). The number of nitrogens with zero attached hydrogens (tertiary/aromatic N) is 2. The molecule has 0 spiro atoms. The molecule has 1 unspecified atom stereocenters. The lowest BCUT2D eigenvalue weighted by atomic mass is 10.1. The summed E-state index contributed by atoms with van der Waals surface area (Å²) in [5.74, 6) is 2.03. The molecule has 0 saturated carbocycles. The quantitative estimate of drug-likeness (QED) is 0.551. The van der Waals surface area contributed by atoms with Gasteiger partial charge in [0.15, 0.2) is 28.1 Å². The summed E-state index contributed by atoms with van der Waals surface area (Å²) in [5.41, 5.74) is 1.77. The van der Waals surface area contributed by atoms with Crippen molar-refractivity contribution < 1.29 is 28.5 Å². The lowest BCUT2D eigenvalue weighted by Crippen LogP contribution is -2.30. The molecule has 0 bridgehead atoms. The highest BCUT2D eigenvalue weighted by molar-refractivity contribution is 7.22. The second kappa shape index (κ2) is 9.38. The second-order valence-electron chi connectivity index (χ2n) is 8.15. The van der Waals surface area contributed by atoms with Crippen molar-refractivity contribution in [2.24, 2.45) is 5.92 Å². The van der Waals surface area contributed by atoms with E-state index in [0.717, 1.165) is 15.8 Å². The Labute approximate surface area is 200 Å². The molecule has 3 aromatic rings. The number of benzene rings is 2. The number of thiazole rings is 1. The van der Waals surface area contributed by atoms with Crippen LogP contribution in [0.25, 0.3) is 10.2 Å². The van der Waals surface area contributed by atoms with Crippen molar-refractivity contribution in [3.8, 4) is 23.0 Å². The van der Waals surface area contributed by atoms with Crippen LogP contribution in [0.1, 0.15) is 12.0 Å². The minimum absolute atomic E-state index is 0.0214. The number of fused-ring (bicyclic) bond motifs is 2. The zero-order valence-corrected chi connectivity index (χ0v) is 19.8. The summed E-state index contributed by atoms with van der Waals surface area (Å²) in [7, 11) is 3.19. The minimum atomic E-state index is -0.412. The number of aromatic nitrogens is 1. The van der Waals surface area contributed by atoms with Gasteiger partial charge in [0, 0.05) is 31.6 Å². The van der Waals surface area contributed by atoms with E-state index in [1.165, 1.54) is 11.3 Å². The number of hydrogen-bond acceptors (Lipinski definition) is 8. The van der Waals surface area contributed by atoms with Crippen molar-refractivity contribution in [1.29, 1.82) is 0 Å². The first kappa shape index (κ1) is 22.3. The molecular weight excluding hydrogens is 458 g/mol. The van der Waals surface area contributed by atoms with Gasteiger partial charge in [-0.05, 0) is 24.1 Å². The third-order valence-corrected chi connectivity index (χ3v) is 6.92. The number of carbonyl (C=O) groups is 2. The first-order valence-electron chi connectivity index (χ1n) is 11.0. The van der Waals surface area contributed by atoms with Crippen LogP contribution in [-0.2, 0) is 16.0 Å². The van der Waals surface area contributed by atoms with E-state index in [9.17, 15) is 9.59 Å². The van der Waals surface area contributed by atoms with Crippen LogP contribution < -0.4 is 24.3 Å². The molecule has 1 N–H and O–H groups in total. The maximum absolute atomic E-state index is 12.9. The van der Waals surface area contributed by atoms with Crippen LogP contribution in [0.5, 0.6) is 23.0 Å². The Morgan fingerprint density at radius 2 is 1.91 bits per heavy atom. The topological polar surface area (TPSA) is 99.2 Å². The molecule has 0 aliphatic carbocycles. The molecule has 10 heteroatoms. The monoisotopic (exact) mass is 483 g/mol. The molecule has 2 aliphatic rings. The number of likely N-dealkylation sites (tertiary alicyclic amines) is 1. The Bertz CT molecular complexity index is 1200. The average molecular weight is 484 g/mol. The van der Waals surface area contributed by atoms with Crippen LogP contribution in [0.3, 0.4) is 0 Å². The normalized spacial score (nSPS) is 17.2. The number of hydrogen-bond donors (Lipinski definition) is 1. The molecule has 2 aliphatic heterocycles. The fourth-order valence-corrected chi connectivity index (χ4v) is 5.07. The summed E-state index contributed by atoms with van der Waals surface area (Å²) in [4.78, 5) is 31.6. The molecule has 9 nitrogen and oxygen atoms in total. The van der Waals surface area contributed by atoms with E-state index in [0.29, 0.717) is 60.9 Å². The highest BCUT2D eigenvalue weighted by Gasteiger charge is 2.34. The van der Waals surface area contributed by atoms with E-state index in [1.807, 2.05) is 30.3 Å². The van der Waals surface area contributed by atoms with Gasteiger partial charge in [-0.3, -0.25) is 9.59 Å². The second-order valence-corrected chi connectivity index (χ2v) is 9.18. The molecule has 5 rings (SSSR count). The Balaban J connectivity index is 1.20. The Kier molecular flexibility index (Phi) is 6.14. The molecule has 2 aromatic carbocycles. The number of ether oxygens (including phenoxy) is 4. The first-order chi connectivity index (χ1) is 16.5. The molecule has 2 amide bonds. The summed E-state index contributed by atoms with van der Waals surface area (Å²) in [6, 6.07) is 9.41. The molecule has 1 atom stereocenters. The van der Waals surface area contributed by atoms with Crippen LogP contribution in [0.4, 0.5) is 5.13 Å². The summed E-state index contributed by atoms with van der Waals surface area (Å²) in [5, 5.41) is 3.38. The number of rotatable bonds is 7. The number of nitrogens with one attached hydrogen (secondary N) is 1. The van der Waals surface area contributed by atoms with E-state index in [4.69, 9.17) is 18.9 Å². The van der Waals surface area contributed by atoms with Crippen LogP contribution in [-0.4, -0.2) is 62.2 Å². The average Bonchev–Trinajstić information content (AvgIpc) is 3.42. The number of amides is 2. The van der Waals surface area contributed by atoms with E-state index in [2.05, 4.69) is 10.3 Å². The SMILES string of the molecule is COc1ccc(CCN2CC(C(=O)Nc3nc4cc5c(cc4s3)OCCO5)CC2=O)cc1OC. The van der Waals surface area contributed by atoms with E-state index >= 15 is 0 Å². The van der Waals surface area contributed by atoms with Crippen molar-refractivity contribution in [2.75, 3.05) is 45.8 Å². The first-order valence-corrected chi connectivity index (χ1v) is 11.9. The van der Waals surface area contributed by atoms with Crippen LogP contribution in [0, 0.1) is 5.92 Å². The van der Waals surface area contributed by atoms with E-state index in [-0.39, 0.29) is 18.2 Å². The summed E-state index contributed by atoms with van der Waals surface area (Å²) < 4.78 is 22.7. The Morgan fingerprint density at radius 1 is 1.15 bits per heavy atom. The fraction of sp³-hybridized carbons (Fsp3) is 0.375. The minimum Gasteiger partial charge on any atom is -0.493 e. The lowest BCUT2D eigenvalue weighted by Gasteiger charge is -2.17. The van der Waals surface area contributed by atoms with Gasteiger partial charge in [0.05, 0.1) is 30.4 Å². The fourth-order valence-electron chi connectivity index (χ4n) is 4.19. The van der Waals surface area contributed by atoms with Gasteiger partial charge in [-0.2, -0.15) is 0 Å². The van der Waals surface area contributed by atoms with Crippen molar-refractivity contribution in [3.63, 3.8) is 0 Å². The zero-order valence-electron chi connectivity index (χ0n) is 19.0. The van der Waals surface area contributed by atoms with Gasteiger partial charge in [0.1, 0.15) is 13.2 Å². The molecule has 0 radical (unpaired) electrons. The van der Waals surface area contributed by atoms with Gasteiger partial charge in [-0.1, -0.05) is 17.4 Å². The highest BCUT2D eigenvalue weighted by atomic mass is 32.1. The van der Waals surface area contributed by atoms with Gasteiger partial charge in [-0.15, -0.1) is 0 Å². The maximum Gasteiger partial charge on any atom is 0.231 e. The van der Waals surface area contributed by atoms with Gasteiger partial charge in [0.2, 0.25) is 11.8 Å². The van der Waals surface area contributed by atoms with Crippen molar-refractivity contribution >= 4 is 38.5 Å².